The van der Waals surface area contributed by atoms with E-state index >= 15 is 0 Å². The molecular weight excluding hydrogens is 793 g/mol. The Hall–Kier alpha value is -8.18. The van der Waals surface area contributed by atoms with Gasteiger partial charge < -0.3 is 13.6 Å². The van der Waals surface area contributed by atoms with Crippen molar-refractivity contribution in [3.8, 4) is 22.5 Å². The molecule has 13 rings (SSSR count). The van der Waals surface area contributed by atoms with E-state index in [2.05, 4.69) is 0 Å². The first-order valence-electron chi connectivity index (χ1n) is 29.1. The summed E-state index contributed by atoms with van der Waals surface area (Å²) < 4.78 is 167. The van der Waals surface area contributed by atoms with Crippen molar-refractivity contribution >= 4 is 94.4 Å². The van der Waals surface area contributed by atoms with Crippen LogP contribution in [0.5, 0.6) is 0 Å². The van der Waals surface area contributed by atoms with Crippen LogP contribution < -0.4 is 20.7 Å². The molecule has 0 amide bonds. The summed E-state index contributed by atoms with van der Waals surface area (Å²) in [6.45, 7) is 0. The monoisotopic (exact) mass is 849 g/mol. The fraction of sp³-hybridized carbons (Fsp3) is 0. The Labute approximate surface area is 395 Å². The molecule has 64 heavy (non-hydrogen) atoms. The first-order chi connectivity index (χ1) is 38.8. The van der Waals surface area contributed by atoms with Crippen molar-refractivity contribution in [3.63, 3.8) is 0 Å². The molecule has 0 aliphatic rings. The summed E-state index contributed by atoms with van der Waals surface area (Å²) in [5, 5.41) is 3.75. The van der Waals surface area contributed by atoms with Crippen LogP contribution in [0.25, 0.3) is 88.1 Å². The second-order valence-corrected chi connectivity index (χ2v) is 19.2. The van der Waals surface area contributed by atoms with Crippen LogP contribution in [-0.2, 0) is 0 Å². The van der Waals surface area contributed by atoms with E-state index in [-0.39, 0.29) is 67.2 Å². The number of nitrogens with zero attached hydrogens (tertiary/aromatic N) is 2. The maximum atomic E-state index is 10.8. The van der Waals surface area contributed by atoms with Crippen LogP contribution in [0.3, 0.4) is 0 Å². The largest absolute Gasteiger partial charge is 0.454 e. The van der Waals surface area contributed by atoms with Crippen molar-refractivity contribution in [1.29, 1.82) is 0 Å². The molecule has 0 radical (unpaired) electrons. The third-order valence-electron chi connectivity index (χ3n) is 12.2. The van der Waals surface area contributed by atoms with Gasteiger partial charge >= 0.3 is 0 Å². The Bertz CT molecular complexity index is 4780. The van der Waals surface area contributed by atoms with Gasteiger partial charge in [0.25, 0.3) is 0 Å². The summed E-state index contributed by atoms with van der Waals surface area (Å²) in [5.41, 5.74) is 1.42. The summed E-state index contributed by atoms with van der Waals surface area (Å²) in [6, 6.07) is 33.2. The number of furan rings is 1. The molecule has 0 aliphatic carbocycles. The molecule has 0 aliphatic heterocycles. The van der Waals surface area contributed by atoms with E-state index in [1.807, 2.05) is 78.9 Å². The van der Waals surface area contributed by atoms with Gasteiger partial charge in [-0.1, -0.05) is 200 Å². The van der Waals surface area contributed by atoms with Gasteiger partial charge in [0.15, 0.2) is 13.7 Å². The minimum absolute atomic E-state index is 0.0462. The van der Waals surface area contributed by atoms with Crippen molar-refractivity contribution in [1.82, 2.24) is 9.13 Å². The maximum Gasteiger partial charge on any atom is 0.179 e. The number of benzene rings is 10. The second-order valence-electron chi connectivity index (χ2n) is 15.5. The minimum atomic E-state index is -4.17. The second kappa shape index (κ2) is 14.5. The smallest absolute Gasteiger partial charge is 0.179 e. The summed E-state index contributed by atoms with van der Waals surface area (Å²) in [4.78, 5) is 0. The SMILES string of the molecule is [2H]c1c([2H])c([2H])c(-c2cccc([Si](c3ccccc3)(c3ccccc3)c3c([2H])c([2H])c([2H])c(-n4c5ccccc5c5cc(-n6c7c([2H])c([2H])c([2H])c([2H])c7c7c([2H])c([2H])c([2H])c([2H])c76)c6oc7ccccc7c6c54)c3[2H])c2)c([2H])c1[2H]. The molecule has 0 saturated carbocycles. The molecule has 3 heterocycles. The minimum Gasteiger partial charge on any atom is -0.454 e. The molecular formula is C60H40N2OSi. The van der Waals surface area contributed by atoms with E-state index in [1.165, 1.54) is 4.57 Å². The molecule has 3 aromatic heterocycles. The Morgan fingerprint density at radius 1 is 0.406 bits per heavy atom. The zero-order valence-electron chi connectivity index (χ0n) is 50.6. The lowest BCUT2D eigenvalue weighted by molar-refractivity contribution is 0.666. The summed E-state index contributed by atoms with van der Waals surface area (Å²) in [5.74, 6) is 0. The predicted molar refractivity (Wildman–Crippen MR) is 271 cm³/mol. The van der Waals surface area contributed by atoms with Gasteiger partial charge in [-0.3, -0.25) is 0 Å². The molecule has 0 spiro atoms. The van der Waals surface area contributed by atoms with Gasteiger partial charge in [0.2, 0.25) is 0 Å². The van der Waals surface area contributed by atoms with Crippen molar-refractivity contribution in [3.05, 3.63) is 242 Å². The number of hydrogen-bond donors (Lipinski definition) is 0. The fourth-order valence-corrected chi connectivity index (χ4v) is 14.2. The zero-order chi connectivity index (χ0) is 57.0. The zero-order valence-corrected chi connectivity index (χ0v) is 34.6. The lowest BCUT2D eigenvalue weighted by Gasteiger charge is -2.35. The van der Waals surface area contributed by atoms with Crippen LogP contribution in [0.4, 0.5) is 0 Å². The molecule has 4 heteroatoms. The average molecular weight is 850 g/mol. The quantitative estimate of drug-likeness (QED) is 0.116. The third kappa shape index (κ3) is 5.33. The number of rotatable bonds is 7. The van der Waals surface area contributed by atoms with E-state index in [9.17, 15) is 11.0 Å². The van der Waals surface area contributed by atoms with Gasteiger partial charge in [-0.05, 0) is 74.2 Å². The van der Waals surface area contributed by atoms with Gasteiger partial charge in [-0.2, -0.15) is 0 Å². The Balaban J connectivity index is 1.22. The highest BCUT2D eigenvalue weighted by Crippen LogP contribution is 2.45. The van der Waals surface area contributed by atoms with E-state index in [1.54, 1.807) is 65.2 Å². The summed E-state index contributed by atoms with van der Waals surface area (Å²) in [7, 11) is -4.17. The molecule has 0 saturated heterocycles. The van der Waals surface area contributed by atoms with Crippen LogP contribution in [0.1, 0.15) is 23.3 Å². The molecule has 0 N–H and O–H groups in total. The fourth-order valence-electron chi connectivity index (χ4n) is 9.63. The Morgan fingerprint density at radius 3 is 1.77 bits per heavy atom. The number of fused-ring (bicyclic) bond motifs is 10. The van der Waals surface area contributed by atoms with Crippen LogP contribution in [0.2, 0.25) is 0 Å². The third-order valence-corrected chi connectivity index (χ3v) is 16.8. The predicted octanol–water partition coefficient (Wildman–Crippen LogP) is 12.8. The lowest BCUT2D eigenvalue weighted by atomic mass is 10.1. The van der Waals surface area contributed by atoms with Crippen molar-refractivity contribution in [2.45, 2.75) is 0 Å². The molecule has 0 bridgehead atoms. The Kier molecular flexibility index (Phi) is 5.26. The van der Waals surface area contributed by atoms with Gasteiger partial charge in [-0.15, -0.1) is 0 Å². The van der Waals surface area contributed by atoms with E-state index in [0.29, 0.717) is 53.7 Å². The van der Waals surface area contributed by atoms with Crippen molar-refractivity contribution in [2.75, 3.05) is 0 Å². The molecule has 10 aromatic carbocycles. The number of aromatic nitrogens is 2. The first kappa shape index (κ1) is 23.3. The topological polar surface area (TPSA) is 23.0 Å². The van der Waals surface area contributed by atoms with Crippen LogP contribution in [0, 0.1) is 0 Å². The molecule has 0 atom stereocenters. The molecule has 3 nitrogen and oxygen atoms in total. The van der Waals surface area contributed by atoms with E-state index in [4.69, 9.17) is 16.8 Å². The van der Waals surface area contributed by atoms with Crippen LogP contribution in [-0.4, -0.2) is 17.2 Å². The molecule has 300 valence electrons. The van der Waals surface area contributed by atoms with Gasteiger partial charge in [0, 0.05) is 32.6 Å². The molecule has 13 aromatic rings. The highest BCUT2D eigenvalue weighted by atomic mass is 28.3. The summed E-state index contributed by atoms with van der Waals surface area (Å²) in [6.07, 6.45) is 0. The molecule has 0 unspecified atom stereocenters. The number of hydrogen-bond acceptors (Lipinski definition) is 1. The highest BCUT2D eigenvalue weighted by Gasteiger charge is 2.42. The van der Waals surface area contributed by atoms with Crippen molar-refractivity contribution in [2.24, 2.45) is 0 Å². The highest BCUT2D eigenvalue weighted by molar-refractivity contribution is 7.20. The Morgan fingerprint density at radius 2 is 1.03 bits per heavy atom. The normalized spacial score (nSPS) is 15.8. The van der Waals surface area contributed by atoms with Gasteiger partial charge in [0.1, 0.15) is 5.58 Å². The first-order valence-corrected chi connectivity index (χ1v) is 22.6. The van der Waals surface area contributed by atoms with E-state index < -0.39 is 98.7 Å². The van der Waals surface area contributed by atoms with Gasteiger partial charge in [0.05, 0.1) is 56.4 Å². The van der Waals surface area contributed by atoms with E-state index in [0.717, 1.165) is 0 Å². The summed E-state index contributed by atoms with van der Waals surface area (Å²) >= 11 is 0. The maximum absolute atomic E-state index is 10.8. The standard InChI is InChI=1S/C60H40N2OSi/c1-4-20-41(21-5-1)42-22-18-28-46(38-42)64(44-24-6-2-7-25-44,45-26-8-3-9-27-45)47-29-19-23-43(39-47)61-53-34-14-12-32-50(53)52-40-56(60-58(59(52)61)51-33-13-17-37-57(51)63-60)62-54-35-15-10-30-48(54)49-31-11-16-36-55(49)62/h1-40H/i1D,4D,5D,10D,11D,15D,16D,19D,20D,21D,23D,29D,30D,31D,35D,36D,39D. The molecule has 0 fully saturated rings. The van der Waals surface area contributed by atoms with Crippen molar-refractivity contribution < 1.29 is 27.7 Å². The number of para-hydroxylation sites is 4. The average Bonchev–Trinajstić information content (AvgIpc) is 3.90. The van der Waals surface area contributed by atoms with Crippen LogP contribution >= 0.6 is 0 Å². The van der Waals surface area contributed by atoms with Gasteiger partial charge in [-0.25, -0.2) is 0 Å². The van der Waals surface area contributed by atoms with Crippen LogP contribution in [0.15, 0.2) is 247 Å². The lowest BCUT2D eigenvalue weighted by Crippen LogP contribution is -2.74.